The molecule has 4 rings (SSSR count). The average molecular weight is 427 g/mol. The summed E-state index contributed by atoms with van der Waals surface area (Å²) in [6.45, 7) is 1.21. The van der Waals surface area contributed by atoms with Gasteiger partial charge in [-0.05, 0) is 37.9 Å². The lowest BCUT2D eigenvalue weighted by atomic mass is 9.98. The van der Waals surface area contributed by atoms with Gasteiger partial charge in [0.15, 0.2) is 5.43 Å². The Morgan fingerprint density at radius 2 is 1.85 bits per heavy atom. The molecule has 5 nitrogen and oxygen atoms in total. The van der Waals surface area contributed by atoms with Crippen molar-refractivity contribution in [3.8, 4) is 0 Å². The van der Waals surface area contributed by atoms with Gasteiger partial charge in [-0.1, -0.05) is 46.3 Å². The van der Waals surface area contributed by atoms with Gasteiger partial charge in [-0.25, -0.2) is 0 Å². The van der Waals surface area contributed by atoms with Gasteiger partial charge in [0.05, 0.1) is 17.0 Å². The number of hydrogen-bond donors (Lipinski definition) is 0. The van der Waals surface area contributed by atoms with E-state index in [1.165, 1.54) is 0 Å². The Kier molecular flexibility index (Phi) is 4.61. The SMILES string of the molecule is CN(C)CCN1C(=O)c2oc3ccc(Br)cc3c(=O)c2C1c1ccccc1. The molecule has 3 aromatic rings. The summed E-state index contributed by atoms with van der Waals surface area (Å²) in [6.07, 6.45) is 0. The van der Waals surface area contributed by atoms with E-state index in [9.17, 15) is 9.59 Å². The number of carbonyl (C=O) groups excluding carboxylic acids is 1. The predicted molar refractivity (Wildman–Crippen MR) is 108 cm³/mol. The summed E-state index contributed by atoms with van der Waals surface area (Å²) in [4.78, 5) is 30.2. The van der Waals surface area contributed by atoms with Gasteiger partial charge in [-0.15, -0.1) is 0 Å². The van der Waals surface area contributed by atoms with Crippen LogP contribution in [-0.2, 0) is 0 Å². The normalized spacial score (nSPS) is 16.4. The van der Waals surface area contributed by atoms with Crippen molar-refractivity contribution in [2.75, 3.05) is 27.2 Å². The highest BCUT2D eigenvalue weighted by molar-refractivity contribution is 9.10. The van der Waals surface area contributed by atoms with Gasteiger partial charge in [0.1, 0.15) is 5.58 Å². The number of fused-ring (bicyclic) bond motifs is 2. The number of carbonyl (C=O) groups is 1. The van der Waals surface area contributed by atoms with E-state index in [1.807, 2.05) is 49.3 Å². The molecule has 1 unspecified atom stereocenters. The summed E-state index contributed by atoms with van der Waals surface area (Å²) in [5.74, 6) is -0.0787. The molecule has 138 valence electrons. The minimum absolute atomic E-state index is 0.151. The molecule has 2 aromatic carbocycles. The van der Waals surface area contributed by atoms with Crippen LogP contribution in [-0.4, -0.2) is 42.9 Å². The van der Waals surface area contributed by atoms with Gasteiger partial charge in [0.25, 0.3) is 5.91 Å². The first-order valence-electron chi connectivity index (χ1n) is 8.74. The third-order valence-electron chi connectivity index (χ3n) is 4.83. The van der Waals surface area contributed by atoms with Crippen molar-refractivity contribution in [2.24, 2.45) is 0 Å². The first-order valence-corrected chi connectivity index (χ1v) is 9.53. The minimum Gasteiger partial charge on any atom is -0.450 e. The zero-order chi connectivity index (χ0) is 19.1. The number of hydrogen-bond acceptors (Lipinski definition) is 4. The van der Waals surface area contributed by atoms with E-state index in [0.717, 1.165) is 10.0 Å². The quantitative estimate of drug-likeness (QED) is 0.638. The lowest BCUT2D eigenvalue weighted by Crippen LogP contribution is -2.35. The Bertz CT molecular complexity index is 1080. The van der Waals surface area contributed by atoms with E-state index in [4.69, 9.17) is 4.42 Å². The number of amides is 1. The molecule has 1 aliphatic heterocycles. The van der Waals surface area contributed by atoms with E-state index < -0.39 is 6.04 Å². The van der Waals surface area contributed by atoms with Crippen LogP contribution in [0, 0.1) is 0 Å². The van der Waals surface area contributed by atoms with E-state index >= 15 is 0 Å². The van der Waals surface area contributed by atoms with Crippen LogP contribution in [0.4, 0.5) is 0 Å². The van der Waals surface area contributed by atoms with Crippen molar-refractivity contribution in [3.05, 3.63) is 80.1 Å². The fourth-order valence-electron chi connectivity index (χ4n) is 3.51. The third kappa shape index (κ3) is 3.09. The van der Waals surface area contributed by atoms with Gasteiger partial charge in [-0.3, -0.25) is 9.59 Å². The number of benzene rings is 2. The van der Waals surface area contributed by atoms with Crippen molar-refractivity contribution in [2.45, 2.75) is 6.04 Å². The minimum atomic E-state index is -0.437. The van der Waals surface area contributed by atoms with Crippen LogP contribution < -0.4 is 5.43 Å². The van der Waals surface area contributed by atoms with Crippen LogP contribution in [0.15, 0.2) is 62.2 Å². The lowest BCUT2D eigenvalue weighted by molar-refractivity contribution is 0.0716. The van der Waals surface area contributed by atoms with Gasteiger partial charge < -0.3 is 14.2 Å². The molecule has 0 saturated heterocycles. The standard InChI is InChI=1S/C21H19BrN2O3/c1-23(2)10-11-24-18(13-6-4-3-5-7-13)17-19(25)15-12-14(22)8-9-16(15)27-20(17)21(24)26/h3-9,12,18H,10-11H2,1-2H3. The fourth-order valence-corrected chi connectivity index (χ4v) is 3.87. The average Bonchev–Trinajstić information content (AvgIpc) is 2.94. The maximum Gasteiger partial charge on any atom is 0.290 e. The molecule has 0 aliphatic carbocycles. The molecule has 0 saturated carbocycles. The second kappa shape index (κ2) is 6.94. The Hall–Kier alpha value is -2.44. The van der Waals surface area contributed by atoms with Crippen LogP contribution in [0.1, 0.15) is 27.7 Å². The molecular weight excluding hydrogens is 408 g/mol. The van der Waals surface area contributed by atoms with Gasteiger partial charge in [0, 0.05) is 17.6 Å². The second-order valence-electron chi connectivity index (χ2n) is 6.93. The zero-order valence-electron chi connectivity index (χ0n) is 15.1. The molecular formula is C21H19BrN2O3. The smallest absolute Gasteiger partial charge is 0.290 e. The summed E-state index contributed by atoms with van der Waals surface area (Å²) >= 11 is 3.41. The summed E-state index contributed by atoms with van der Waals surface area (Å²) < 4.78 is 6.71. The molecule has 0 fully saturated rings. The predicted octanol–water partition coefficient (Wildman–Crippen LogP) is 3.66. The highest BCUT2D eigenvalue weighted by Crippen LogP contribution is 2.38. The van der Waals surface area contributed by atoms with E-state index in [-0.39, 0.29) is 17.1 Å². The molecule has 27 heavy (non-hydrogen) atoms. The van der Waals surface area contributed by atoms with Crippen LogP contribution >= 0.6 is 15.9 Å². The van der Waals surface area contributed by atoms with Crippen molar-refractivity contribution in [1.29, 1.82) is 0 Å². The van der Waals surface area contributed by atoms with Crippen LogP contribution in [0.3, 0.4) is 0 Å². The second-order valence-corrected chi connectivity index (χ2v) is 7.85. The first-order chi connectivity index (χ1) is 13.0. The fraction of sp³-hybridized carbons (Fsp3) is 0.238. The van der Waals surface area contributed by atoms with Crippen LogP contribution in [0.25, 0.3) is 11.0 Å². The zero-order valence-corrected chi connectivity index (χ0v) is 16.7. The molecule has 0 spiro atoms. The number of likely N-dealkylation sites (N-methyl/N-ethyl adjacent to an activating group) is 1. The molecule has 1 atom stereocenters. The van der Waals surface area contributed by atoms with Crippen LogP contribution in [0.2, 0.25) is 0 Å². The monoisotopic (exact) mass is 426 g/mol. The molecule has 0 N–H and O–H groups in total. The Balaban J connectivity index is 1.95. The molecule has 0 bridgehead atoms. The van der Waals surface area contributed by atoms with E-state index in [1.54, 1.807) is 23.1 Å². The van der Waals surface area contributed by atoms with Crippen molar-refractivity contribution in [1.82, 2.24) is 9.80 Å². The Morgan fingerprint density at radius 1 is 1.11 bits per heavy atom. The molecule has 0 radical (unpaired) electrons. The number of nitrogens with zero attached hydrogens (tertiary/aromatic N) is 2. The van der Waals surface area contributed by atoms with Gasteiger partial charge in [0.2, 0.25) is 5.76 Å². The molecule has 1 aliphatic rings. The summed E-state index contributed by atoms with van der Waals surface area (Å²) in [5.41, 5.74) is 1.61. The van der Waals surface area contributed by atoms with Crippen molar-refractivity contribution >= 4 is 32.8 Å². The van der Waals surface area contributed by atoms with Crippen LogP contribution in [0.5, 0.6) is 0 Å². The summed E-state index contributed by atoms with van der Waals surface area (Å²) in [6, 6.07) is 14.5. The molecule has 2 heterocycles. The molecule has 6 heteroatoms. The topological polar surface area (TPSA) is 53.8 Å². The van der Waals surface area contributed by atoms with Gasteiger partial charge in [-0.2, -0.15) is 0 Å². The Morgan fingerprint density at radius 3 is 2.56 bits per heavy atom. The summed E-state index contributed by atoms with van der Waals surface area (Å²) in [7, 11) is 3.92. The highest BCUT2D eigenvalue weighted by Gasteiger charge is 2.42. The number of halogens is 1. The maximum atomic E-state index is 13.3. The first kappa shape index (κ1) is 17.9. The van der Waals surface area contributed by atoms with E-state index in [0.29, 0.717) is 29.6 Å². The molecule has 1 amide bonds. The van der Waals surface area contributed by atoms with Crippen molar-refractivity contribution < 1.29 is 9.21 Å². The maximum absolute atomic E-state index is 13.3. The van der Waals surface area contributed by atoms with Crippen molar-refractivity contribution in [3.63, 3.8) is 0 Å². The number of rotatable bonds is 4. The Labute approximate surface area is 165 Å². The largest absolute Gasteiger partial charge is 0.450 e. The molecule has 1 aromatic heterocycles. The highest BCUT2D eigenvalue weighted by atomic mass is 79.9. The van der Waals surface area contributed by atoms with Gasteiger partial charge >= 0.3 is 0 Å². The third-order valence-corrected chi connectivity index (χ3v) is 5.32. The lowest BCUT2D eigenvalue weighted by Gasteiger charge is -2.26. The summed E-state index contributed by atoms with van der Waals surface area (Å²) in [5, 5.41) is 0.478. The van der Waals surface area contributed by atoms with E-state index in [2.05, 4.69) is 15.9 Å².